The van der Waals surface area contributed by atoms with Gasteiger partial charge in [-0.05, 0) is 85.4 Å². The summed E-state index contributed by atoms with van der Waals surface area (Å²) in [5.41, 5.74) is 2.35. The molecule has 6 heteroatoms. The van der Waals surface area contributed by atoms with Crippen LogP contribution in [0.15, 0.2) is 48.7 Å². The van der Waals surface area contributed by atoms with Crippen molar-refractivity contribution >= 4 is 34.1 Å². The number of rotatable bonds is 3. The first-order valence-electron chi connectivity index (χ1n) is 10.3. The molecule has 1 spiro atoms. The Labute approximate surface area is 178 Å². The smallest absolute Gasteiger partial charge is 0.228 e. The molecule has 0 aliphatic heterocycles. The zero-order chi connectivity index (χ0) is 20.9. The summed E-state index contributed by atoms with van der Waals surface area (Å²) in [5, 5.41) is 4.32. The molecule has 30 heavy (non-hydrogen) atoms. The minimum absolute atomic E-state index is 0.0369. The van der Waals surface area contributed by atoms with Crippen molar-refractivity contribution in [2.45, 2.75) is 38.0 Å². The molecule has 1 heterocycles. The quantitative estimate of drug-likeness (QED) is 0.521. The van der Waals surface area contributed by atoms with E-state index in [9.17, 15) is 13.6 Å². The van der Waals surface area contributed by atoms with E-state index in [2.05, 4.69) is 10.3 Å². The highest BCUT2D eigenvalue weighted by molar-refractivity contribution is 6.30. The number of carbonyl (C=O) groups is 1. The van der Waals surface area contributed by atoms with Crippen molar-refractivity contribution in [2.24, 2.45) is 11.3 Å². The van der Waals surface area contributed by atoms with Crippen molar-refractivity contribution in [1.29, 1.82) is 0 Å². The van der Waals surface area contributed by atoms with E-state index in [1.807, 2.05) is 18.2 Å². The number of benzene rings is 2. The van der Waals surface area contributed by atoms with Gasteiger partial charge in [0.2, 0.25) is 5.91 Å². The molecule has 5 rings (SSSR count). The van der Waals surface area contributed by atoms with Gasteiger partial charge in [-0.3, -0.25) is 9.78 Å². The van der Waals surface area contributed by atoms with E-state index < -0.39 is 11.6 Å². The Hall–Kier alpha value is -2.53. The maximum Gasteiger partial charge on any atom is 0.228 e. The van der Waals surface area contributed by atoms with Crippen molar-refractivity contribution in [2.75, 3.05) is 5.32 Å². The van der Waals surface area contributed by atoms with Crippen LogP contribution >= 0.6 is 11.6 Å². The van der Waals surface area contributed by atoms with Crippen molar-refractivity contribution in [3.8, 4) is 0 Å². The summed E-state index contributed by atoms with van der Waals surface area (Å²) in [6, 6.07) is 11.5. The first-order chi connectivity index (χ1) is 14.4. The Morgan fingerprint density at radius 2 is 1.77 bits per heavy atom. The highest BCUT2D eigenvalue weighted by Crippen LogP contribution is 2.63. The lowest BCUT2D eigenvalue weighted by atomic mass is 9.75. The number of pyridine rings is 1. The van der Waals surface area contributed by atoms with Crippen LogP contribution in [0.3, 0.4) is 0 Å². The molecule has 0 saturated heterocycles. The van der Waals surface area contributed by atoms with Gasteiger partial charge in [0.05, 0.1) is 5.52 Å². The summed E-state index contributed by atoms with van der Waals surface area (Å²) in [7, 11) is 0. The first-order valence-corrected chi connectivity index (χ1v) is 10.6. The Kier molecular flexibility index (Phi) is 4.73. The van der Waals surface area contributed by atoms with Gasteiger partial charge < -0.3 is 5.32 Å². The molecule has 2 aliphatic rings. The number of fused-ring (bicyclic) bond motifs is 1. The van der Waals surface area contributed by atoms with E-state index in [1.165, 1.54) is 6.07 Å². The second kappa shape index (κ2) is 7.31. The molecular weight excluding hydrogens is 406 g/mol. The summed E-state index contributed by atoms with van der Waals surface area (Å²) in [6.45, 7) is 0. The molecule has 0 radical (unpaired) electrons. The maximum atomic E-state index is 13.8. The van der Waals surface area contributed by atoms with Crippen molar-refractivity contribution in [3.63, 3.8) is 0 Å². The number of nitrogens with one attached hydrogen (secondary N) is 1. The molecule has 2 fully saturated rings. The molecule has 1 unspecified atom stereocenters. The lowest BCUT2D eigenvalue weighted by Crippen LogP contribution is -2.22. The van der Waals surface area contributed by atoms with E-state index in [0.717, 1.165) is 49.4 Å². The van der Waals surface area contributed by atoms with E-state index in [-0.39, 0.29) is 23.2 Å². The van der Waals surface area contributed by atoms with Crippen LogP contribution in [-0.4, -0.2) is 10.9 Å². The number of hydrogen-bond donors (Lipinski definition) is 1. The van der Waals surface area contributed by atoms with Gasteiger partial charge in [0.15, 0.2) is 11.6 Å². The number of aromatic nitrogens is 1. The molecule has 1 amide bonds. The van der Waals surface area contributed by atoms with Crippen LogP contribution in [0.1, 0.15) is 43.6 Å². The highest BCUT2D eigenvalue weighted by atomic mass is 35.5. The van der Waals surface area contributed by atoms with Crippen LogP contribution in [0.25, 0.3) is 10.9 Å². The summed E-state index contributed by atoms with van der Waals surface area (Å²) in [4.78, 5) is 16.9. The molecule has 0 bridgehead atoms. The van der Waals surface area contributed by atoms with Crippen LogP contribution < -0.4 is 5.32 Å². The van der Waals surface area contributed by atoms with Crippen LogP contribution in [0, 0.1) is 23.0 Å². The van der Waals surface area contributed by atoms with Crippen LogP contribution in [-0.2, 0) is 4.79 Å². The Morgan fingerprint density at radius 3 is 2.50 bits per heavy atom. The molecule has 154 valence electrons. The van der Waals surface area contributed by atoms with Crippen LogP contribution in [0.4, 0.5) is 14.5 Å². The second-order valence-electron chi connectivity index (χ2n) is 8.57. The molecular formula is C24H21ClF2N2O. The third kappa shape index (κ3) is 3.45. The van der Waals surface area contributed by atoms with Crippen LogP contribution in [0.5, 0.6) is 0 Å². The second-order valence-corrected chi connectivity index (χ2v) is 9.01. The average Bonchev–Trinajstić information content (AvgIpc) is 3.44. The maximum absolute atomic E-state index is 13.8. The predicted molar refractivity (Wildman–Crippen MR) is 113 cm³/mol. The van der Waals surface area contributed by atoms with Crippen molar-refractivity contribution in [3.05, 3.63) is 70.9 Å². The van der Waals surface area contributed by atoms with Gasteiger partial charge in [-0.1, -0.05) is 11.6 Å². The van der Waals surface area contributed by atoms with Gasteiger partial charge in [-0.15, -0.1) is 0 Å². The number of hydrogen-bond acceptors (Lipinski definition) is 2. The lowest BCUT2D eigenvalue weighted by molar-refractivity contribution is -0.118. The molecule has 1 aromatic heterocycles. The number of nitrogens with zero attached hydrogens (tertiary/aromatic N) is 1. The zero-order valence-corrected chi connectivity index (χ0v) is 17.1. The number of carbonyl (C=O) groups excluding carboxylic acids is 1. The van der Waals surface area contributed by atoms with Gasteiger partial charge >= 0.3 is 0 Å². The normalized spacial score (nSPS) is 25.4. The van der Waals surface area contributed by atoms with Crippen molar-refractivity contribution < 1.29 is 13.6 Å². The highest BCUT2D eigenvalue weighted by Gasteiger charge is 2.58. The Morgan fingerprint density at radius 1 is 1.07 bits per heavy atom. The van der Waals surface area contributed by atoms with Gasteiger partial charge in [0.25, 0.3) is 0 Å². The largest absolute Gasteiger partial charge is 0.326 e. The molecule has 3 aromatic rings. The fourth-order valence-corrected chi connectivity index (χ4v) is 5.18. The summed E-state index contributed by atoms with van der Waals surface area (Å²) < 4.78 is 27.4. The molecule has 2 aromatic carbocycles. The fourth-order valence-electron chi connectivity index (χ4n) is 5.06. The Balaban J connectivity index is 1.27. The van der Waals surface area contributed by atoms with Gasteiger partial charge in [-0.25, -0.2) is 8.78 Å². The Bertz CT molecular complexity index is 1120. The number of amides is 1. The third-order valence-corrected chi connectivity index (χ3v) is 7.11. The summed E-state index contributed by atoms with van der Waals surface area (Å²) in [6.07, 6.45) is 6.37. The zero-order valence-electron chi connectivity index (χ0n) is 16.3. The SMILES string of the molecule is O=C(Nc1ccc(Cl)cc1)C1CC12CCC(c1ccnc3cc(F)c(F)cc13)CC2. The van der Waals surface area contributed by atoms with E-state index in [0.29, 0.717) is 15.9 Å². The monoisotopic (exact) mass is 426 g/mol. The van der Waals surface area contributed by atoms with Gasteiger partial charge in [0, 0.05) is 34.3 Å². The summed E-state index contributed by atoms with van der Waals surface area (Å²) in [5.74, 6) is -1.34. The van der Waals surface area contributed by atoms with Crippen molar-refractivity contribution in [1.82, 2.24) is 4.98 Å². The molecule has 1 atom stereocenters. The molecule has 2 saturated carbocycles. The lowest BCUT2D eigenvalue weighted by Gasteiger charge is -2.30. The first kappa shape index (κ1) is 19.4. The van der Waals surface area contributed by atoms with E-state index in [1.54, 1.807) is 18.3 Å². The standard InChI is InChI=1S/C24H21ClF2N2O/c25-15-1-3-16(4-2-15)29-23(30)19-13-24(19)8-5-14(6-9-24)17-7-10-28-22-12-21(27)20(26)11-18(17)22/h1-4,7,10-12,14,19H,5-6,8-9,13H2,(H,29,30). The van der Waals surface area contributed by atoms with E-state index in [4.69, 9.17) is 11.6 Å². The minimum Gasteiger partial charge on any atom is -0.326 e. The summed E-state index contributed by atoms with van der Waals surface area (Å²) >= 11 is 5.90. The minimum atomic E-state index is -0.873. The van der Waals surface area contributed by atoms with Gasteiger partial charge in [-0.2, -0.15) is 0 Å². The van der Waals surface area contributed by atoms with Crippen LogP contribution in [0.2, 0.25) is 5.02 Å². The van der Waals surface area contributed by atoms with Gasteiger partial charge in [0.1, 0.15) is 0 Å². The molecule has 1 N–H and O–H groups in total. The number of halogens is 3. The predicted octanol–water partition coefficient (Wildman–Crippen LogP) is 6.47. The van der Waals surface area contributed by atoms with E-state index >= 15 is 0 Å². The third-order valence-electron chi connectivity index (χ3n) is 6.86. The molecule has 3 nitrogen and oxygen atoms in total. The molecule has 2 aliphatic carbocycles. The number of anilines is 1. The topological polar surface area (TPSA) is 42.0 Å². The average molecular weight is 427 g/mol. The fraction of sp³-hybridized carbons (Fsp3) is 0.333.